The second-order valence-corrected chi connectivity index (χ2v) is 5.74. The molecule has 2 atom stereocenters. The predicted molar refractivity (Wildman–Crippen MR) is 48.7 cm³/mol. The molecule has 2 N–H and O–H groups in total. The van der Waals surface area contributed by atoms with Gasteiger partial charge in [-0.1, -0.05) is 6.92 Å². The third-order valence-corrected chi connectivity index (χ3v) is 4.53. The molecule has 0 fully saturated rings. The molecule has 4 nitrogen and oxygen atoms in total. The summed E-state index contributed by atoms with van der Waals surface area (Å²) in [5.41, 5.74) is 4.91. The Labute approximate surface area is 77.1 Å². The van der Waals surface area contributed by atoms with E-state index in [-0.39, 0.29) is 12.3 Å². The lowest BCUT2D eigenvalue weighted by atomic mass is 10.2. The monoisotopic (exact) mass is 211 g/mol. The molecule has 0 aromatic rings. The molecule has 0 aliphatic rings. The summed E-state index contributed by atoms with van der Waals surface area (Å²) in [4.78, 5) is 10.6. The molecule has 0 bridgehead atoms. The Hall–Kier alpha value is -0.410. The fraction of sp³-hybridized carbons (Fsp3) is 0.857. The van der Waals surface area contributed by atoms with Crippen LogP contribution < -0.4 is 5.73 Å². The average Bonchev–Trinajstić information content (AvgIpc) is 2.13. The molecule has 13 heavy (non-hydrogen) atoms. The van der Waals surface area contributed by atoms with E-state index in [1.165, 1.54) is 7.11 Å². The maximum atomic E-state index is 12.2. The van der Waals surface area contributed by atoms with E-state index in [1.54, 1.807) is 6.92 Å². The van der Waals surface area contributed by atoms with Gasteiger partial charge in [0.2, 0.25) is 13.3 Å². The number of primary amides is 1. The smallest absolute Gasteiger partial charge is 0.223 e. The van der Waals surface area contributed by atoms with Crippen LogP contribution in [0.1, 0.15) is 6.92 Å². The second-order valence-electron chi connectivity index (χ2n) is 2.75. The molecule has 6 heteroatoms. The largest absolute Gasteiger partial charge is 0.369 e. The molecule has 0 aliphatic heterocycles. The van der Waals surface area contributed by atoms with E-state index in [1.807, 2.05) is 0 Å². The highest BCUT2D eigenvalue weighted by Gasteiger charge is 2.27. The Kier molecular flexibility index (Phi) is 5.18. The van der Waals surface area contributed by atoms with Crippen molar-refractivity contribution in [3.05, 3.63) is 0 Å². The van der Waals surface area contributed by atoms with Crippen LogP contribution in [0, 0.1) is 5.92 Å². The van der Waals surface area contributed by atoms with Crippen LogP contribution in [0.3, 0.4) is 0 Å². The quantitative estimate of drug-likeness (QED) is 0.666. The molecular formula is C7H15FNO3P. The first-order chi connectivity index (χ1) is 5.99. The van der Waals surface area contributed by atoms with Crippen LogP contribution in [0.4, 0.5) is 4.39 Å². The molecule has 0 aromatic heterocycles. The summed E-state index contributed by atoms with van der Waals surface area (Å²) in [6, 6.07) is 0. The lowest BCUT2D eigenvalue weighted by molar-refractivity contribution is -0.121. The highest BCUT2D eigenvalue weighted by molar-refractivity contribution is 7.58. The van der Waals surface area contributed by atoms with E-state index in [9.17, 15) is 13.8 Å². The van der Waals surface area contributed by atoms with Gasteiger partial charge in [-0.25, -0.2) is 0 Å². The first kappa shape index (κ1) is 12.6. The average molecular weight is 211 g/mol. The topological polar surface area (TPSA) is 69.4 Å². The van der Waals surface area contributed by atoms with Crippen molar-refractivity contribution in [3.63, 3.8) is 0 Å². The summed E-state index contributed by atoms with van der Waals surface area (Å²) < 4.78 is 28.6. The van der Waals surface area contributed by atoms with Crippen LogP contribution in [0.15, 0.2) is 0 Å². The zero-order valence-corrected chi connectivity index (χ0v) is 8.72. The molecule has 0 spiro atoms. The van der Waals surface area contributed by atoms with Crippen LogP contribution >= 0.6 is 7.37 Å². The van der Waals surface area contributed by atoms with E-state index in [0.717, 1.165) is 0 Å². The SMILES string of the molecule is CCP(=O)(CC(CF)C(N)=O)OC. The van der Waals surface area contributed by atoms with Crippen molar-refractivity contribution in [1.82, 2.24) is 0 Å². The number of carbonyl (C=O) groups is 1. The van der Waals surface area contributed by atoms with E-state index >= 15 is 0 Å². The number of rotatable bonds is 6. The molecule has 0 saturated carbocycles. The van der Waals surface area contributed by atoms with Crippen LogP contribution in [0.2, 0.25) is 0 Å². The van der Waals surface area contributed by atoms with Gasteiger partial charge in [0.05, 0.1) is 5.92 Å². The maximum absolute atomic E-state index is 12.2. The van der Waals surface area contributed by atoms with Gasteiger partial charge in [0, 0.05) is 19.4 Å². The number of hydrogen-bond donors (Lipinski definition) is 1. The molecule has 0 rings (SSSR count). The van der Waals surface area contributed by atoms with Crippen molar-refractivity contribution in [2.24, 2.45) is 11.7 Å². The number of amides is 1. The summed E-state index contributed by atoms with van der Waals surface area (Å²) in [5.74, 6) is -1.76. The van der Waals surface area contributed by atoms with Crippen molar-refractivity contribution >= 4 is 13.3 Å². The van der Waals surface area contributed by atoms with Gasteiger partial charge in [-0.15, -0.1) is 0 Å². The molecule has 0 aromatic carbocycles. The van der Waals surface area contributed by atoms with Gasteiger partial charge in [0.1, 0.15) is 6.67 Å². The summed E-state index contributed by atoms with van der Waals surface area (Å²) in [7, 11) is -1.56. The third-order valence-electron chi connectivity index (χ3n) is 1.90. The molecule has 1 amide bonds. The minimum Gasteiger partial charge on any atom is -0.369 e. The molecule has 0 heterocycles. The highest BCUT2D eigenvalue weighted by atomic mass is 31.2. The Morgan fingerprint density at radius 1 is 1.69 bits per heavy atom. The molecule has 2 unspecified atom stereocenters. The Balaban J connectivity index is 4.37. The van der Waals surface area contributed by atoms with Gasteiger partial charge in [-0.2, -0.15) is 0 Å². The first-order valence-electron chi connectivity index (χ1n) is 3.98. The maximum Gasteiger partial charge on any atom is 0.223 e. The number of hydrogen-bond acceptors (Lipinski definition) is 3. The van der Waals surface area contributed by atoms with E-state index < -0.39 is 25.9 Å². The second kappa shape index (κ2) is 5.35. The molecule has 0 aliphatic carbocycles. The standard InChI is InChI=1S/C7H15FNO3P/c1-3-13(11,12-2)5-6(4-8)7(9)10/h6H,3-5H2,1-2H3,(H2,9,10). The molecule has 0 saturated heterocycles. The minimum atomic E-state index is -2.85. The van der Waals surface area contributed by atoms with Gasteiger partial charge < -0.3 is 10.3 Å². The fourth-order valence-corrected chi connectivity index (χ4v) is 2.50. The Bertz CT molecular complexity index is 214. The molecule has 78 valence electrons. The lowest BCUT2D eigenvalue weighted by Gasteiger charge is -2.17. The summed E-state index contributed by atoms with van der Waals surface area (Å²) in [6.45, 7) is 0.781. The first-order valence-corrected chi connectivity index (χ1v) is 5.97. The normalized spacial score (nSPS) is 17.8. The summed E-state index contributed by atoms with van der Waals surface area (Å²) >= 11 is 0. The Morgan fingerprint density at radius 3 is 2.46 bits per heavy atom. The van der Waals surface area contributed by atoms with Gasteiger partial charge in [-0.3, -0.25) is 13.8 Å². The summed E-state index contributed by atoms with van der Waals surface area (Å²) in [6.07, 6.45) is 0.180. The van der Waals surface area contributed by atoms with Gasteiger partial charge >= 0.3 is 0 Å². The zero-order valence-electron chi connectivity index (χ0n) is 7.83. The Morgan fingerprint density at radius 2 is 2.23 bits per heavy atom. The highest BCUT2D eigenvalue weighted by Crippen LogP contribution is 2.47. The van der Waals surface area contributed by atoms with Crippen LogP contribution in [-0.2, 0) is 13.9 Å². The number of alkyl halides is 1. The molecular weight excluding hydrogens is 196 g/mol. The van der Waals surface area contributed by atoms with Crippen LogP contribution in [0.25, 0.3) is 0 Å². The van der Waals surface area contributed by atoms with E-state index in [0.29, 0.717) is 0 Å². The lowest BCUT2D eigenvalue weighted by Crippen LogP contribution is -2.28. The van der Waals surface area contributed by atoms with Gasteiger partial charge in [0.25, 0.3) is 0 Å². The minimum absolute atomic E-state index is 0.105. The number of nitrogens with two attached hydrogens (primary N) is 1. The summed E-state index contributed by atoms with van der Waals surface area (Å²) in [5, 5.41) is 0. The third kappa shape index (κ3) is 3.87. The van der Waals surface area contributed by atoms with Gasteiger partial charge in [0.15, 0.2) is 0 Å². The van der Waals surface area contributed by atoms with E-state index in [4.69, 9.17) is 10.3 Å². The van der Waals surface area contributed by atoms with Crippen molar-refractivity contribution in [2.75, 3.05) is 26.1 Å². The fourth-order valence-electron chi connectivity index (χ4n) is 0.883. The van der Waals surface area contributed by atoms with Crippen molar-refractivity contribution < 1.29 is 18.3 Å². The van der Waals surface area contributed by atoms with Crippen LogP contribution in [0.5, 0.6) is 0 Å². The zero-order chi connectivity index (χ0) is 10.5. The number of halogens is 1. The van der Waals surface area contributed by atoms with E-state index in [2.05, 4.69) is 0 Å². The number of carbonyl (C=O) groups excluding carboxylic acids is 1. The van der Waals surface area contributed by atoms with Crippen LogP contribution in [-0.4, -0.2) is 32.0 Å². The van der Waals surface area contributed by atoms with Crippen molar-refractivity contribution in [2.45, 2.75) is 6.92 Å². The molecule has 0 radical (unpaired) electrons. The van der Waals surface area contributed by atoms with Crippen molar-refractivity contribution in [1.29, 1.82) is 0 Å². The predicted octanol–water partition coefficient (Wildman–Crippen LogP) is 1.00. The van der Waals surface area contributed by atoms with Crippen molar-refractivity contribution in [3.8, 4) is 0 Å². The van der Waals surface area contributed by atoms with Gasteiger partial charge in [-0.05, 0) is 0 Å².